The summed E-state index contributed by atoms with van der Waals surface area (Å²) in [6, 6.07) is 8.77. The van der Waals surface area contributed by atoms with Crippen LogP contribution in [0.15, 0.2) is 24.3 Å². The van der Waals surface area contributed by atoms with Crippen LogP contribution in [-0.2, 0) is 9.53 Å². The van der Waals surface area contributed by atoms with E-state index in [1.807, 2.05) is 16.7 Å². The minimum Gasteiger partial charge on any atom is -0.368 e. The minimum atomic E-state index is -0.203. The molecule has 0 radical (unpaired) electrons. The maximum Gasteiger partial charge on any atom is 0.252 e. The third-order valence-electron chi connectivity index (χ3n) is 4.08. The molecule has 1 aromatic rings. The molecule has 2 heterocycles. The number of hydrogen-bond donors (Lipinski definition) is 0. The lowest BCUT2D eigenvalue weighted by Crippen LogP contribution is -2.45. The molecule has 2 fully saturated rings. The van der Waals surface area contributed by atoms with E-state index in [0.717, 1.165) is 37.5 Å². The summed E-state index contributed by atoms with van der Waals surface area (Å²) >= 11 is 1.93. The zero-order valence-electron chi connectivity index (χ0n) is 11.9. The molecule has 3 nitrogen and oxygen atoms in total. The fourth-order valence-electron chi connectivity index (χ4n) is 2.89. The Morgan fingerprint density at radius 3 is 2.85 bits per heavy atom. The Morgan fingerprint density at radius 1 is 1.35 bits per heavy atom. The first-order valence-electron chi connectivity index (χ1n) is 7.32. The standard InChI is InChI=1S/C16H21NO2S/c1-12-4-6-13(7-5-12)14-11-20-10-8-17(14)16(18)15-3-2-9-19-15/h4-7,14-15H,2-3,8-11H2,1H3. The highest BCUT2D eigenvalue weighted by Crippen LogP contribution is 2.31. The van der Waals surface area contributed by atoms with Gasteiger partial charge in [-0.25, -0.2) is 0 Å². The van der Waals surface area contributed by atoms with Crippen LogP contribution in [0.25, 0.3) is 0 Å². The maximum absolute atomic E-state index is 12.6. The zero-order valence-corrected chi connectivity index (χ0v) is 12.7. The third kappa shape index (κ3) is 2.86. The first-order valence-corrected chi connectivity index (χ1v) is 8.47. The normalized spacial score (nSPS) is 26.8. The van der Waals surface area contributed by atoms with Gasteiger partial charge in [0, 0.05) is 24.7 Å². The van der Waals surface area contributed by atoms with E-state index < -0.39 is 0 Å². The summed E-state index contributed by atoms with van der Waals surface area (Å²) in [4.78, 5) is 14.7. The van der Waals surface area contributed by atoms with Gasteiger partial charge in [0.15, 0.2) is 0 Å². The second-order valence-electron chi connectivity index (χ2n) is 5.53. The van der Waals surface area contributed by atoms with Crippen molar-refractivity contribution >= 4 is 17.7 Å². The molecule has 0 saturated carbocycles. The summed E-state index contributed by atoms with van der Waals surface area (Å²) in [5.74, 6) is 2.20. The Morgan fingerprint density at radius 2 is 2.15 bits per heavy atom. The van der Waals surface area contributed by atoms with Crippen LogP contribution in [0.1, 0.15) is 30.0 Å². The highest BCUT2D eigenvalue weighted by atomic mass is 32.2. The van der Waals surface area contributed by atoms with Crippen molar-refractivity contribution < 1.29 is 9.53 Å². The van der Waals surface area contributed by atoms with Crippen molar-refractivity contribution in [2.24, 2.45) is 0 Å². The van der Waals surface area contributed by atoms with Crippen LogP contribution in [0.2, 0.25) is 0 Å². The van der Waals surface area contributed by atoms with E-state index in [-0.39, 0.29) is 18.1 Å². The van der Waals surface area contributed by atoms with Gasteiger partial charge in [-0.15, -0.1) is 0 Å². The molecule has 2 aliphatic rings. The second kappa shape index (κ2) is 6.19. The van der Waals surface area contributed by atoms with E-state index in [1.54, 1.807) is 0 Å². The molecular formula is C16H21NO2S. The lowest BCUT2D eigenvalue weighted by Gasteiger charge is -2.37. The quantitative estimate of drug-likeness (QED) is 0.839. The van der Waals surface area contributed by atoms with Crippen LogP contribution >= 0.6 is 11.8 Å². The number of rotatable bonds is 2. The van der Waals surface area contributed by atoms with Gasteiger partial charge in [-0.3, -0.25) is 4.79 Å². The molecule has 20 heavy (non-hydrogen) atoms. The monoisotopic (exact) mass is 291 g/mol. The third-order valence-corrected chi connectivity index (χ3v) is 5.10. The number of ether oxygens (including phenoxy) is 1. The molecule has 0 aromatic heterocycles. The summed E-state index contributed by atoms with van der Waals surface area (Å²) in [6.07, 6.45) is 1.68. The Kier molecular flexibility index (Phi) is 4.32. The molecule has 4 heteroatoms. The number of nitrogens with zero attached hydrogens (tertiary/aromatic N) is 1. The summed E-state index contributed by atoms with van der Waals surface area (Å²) < 4.78 is 5.57. The fraction of sp³-hybridized carbons (Fsp3) is 0.562. The summed E-state index contributed by atoms with van der Waals surface area (Å²) in [5, 5.41) is 0. The van der Waals surface area contributed by atoms with Gasteiger partial charge >= 0.3 is 0 Å². The van der Waals surface area contributed by atoms with Gasteiger partial charge in [-0.05, 0) is 25.3 Å². The first kappa shape index (κ1) is 14.0. The van der Waals surface area contributed by atoms with E-state index in [1.165, 1.54) is 11.1 Å². The van der Waals surface area contributed by atoms with Crippen LogP contribution in [0.3, 0.4) is 0 Å². The Hall–Kier alpha value is -1.00. The molecule has 2 aliphatic heterocycles. The van der Waals surface area contributed by atoms with Gasteiger partial charge < -0.3 is 9.64 Å². The van der Waals surface area contributed by atoms with Crippen LogP contribution in [0, 0.1) is 6.92 Å². The SMILES string of the molecule is Cc1ccc(C2CSCCN2C(=O)C2CCCO2)cc1. The van der Waals surface area contributed by atoms with Crippen LogP contribution in [0.5, 0.6) is 0 Å². The predicted octanol–water partition coefficient (Wildman–Crippen LogP) is 2.79. The Labute approximate surface area is 124 Å². The molecule has 0 N–H and O–H groups in total. The predicted molar refractivity (Wildman–Crippen MR) is 81.9 cm³/mol. The number of aryl methyl sites for hydroxylation is 1. The van der Waals surface area contributed by atoms with E-state index in [9.17, 15) is 4.79 Å². The molecule has 0 aliphatic carbocycles. The highest BCUT2D eigenvalue weighted by molar-refractivity contribution is 7.99. The Balaban J connectivity index is 1.79. The molecule has 2 saturated heterocycles. The van der Waals surface area contributed by atoms with Gasteiger partial charge in [0.1, 0.15) is 6.10 Å². The zero-order chi connectivity index (χ0) is 13.9. The number of benzene rings is 1. The lowest BCUT2D eigenvalue weighted by molar-refractivity contribution is -0.143. The average Bonchev–Trinajstić information content (AvgIpc) is 3.02. The topological polar surface area (TPSA) is 29.5 Å². The van der Waals surface area contributed by atoms with Crippen molar-refractivity contribution in [1.82, 2.24) is 4.90 Å². The summed E-state index contributed by atoms with van der Waals surface area (Å²) in [7, 11) is 0. The Bertz CT molecular complexity index is 468. The smallest absolute Gasteiger partial charge is 0.252 e. The molecule has 0 spiro atoms. The van der Waals surface area contributed by atoms with Crippen LogP contribution in [0.4, 0.5) is 0 Å². The fourth-order valence-corrected chi connectivity index (χ4v) is 3.98. The van der Waals surface area contributed by atoms with Gasteiger partial charge in [0.05, 0.1) is 6.04 Å². The summed E-state index contributed by atoms with van der Waals surface area (Å²) in [5.41, 5.74) is 2.50. The average molecular weight is 291 g/mol. The van der Waals surface area contributed by atoms with Crippen molar-refractivity contribution in [2.75, 3.05) is 24.7 Å². The number of amides is 1. The van der Waals surface area contributed by atoms with Crippen molar-refractivity contribution in [3.05, 3.63) is 35.4 Å². The molecule has 0 bridgehead atoms. The molecule has 1 amide bonds. The minimum absolute atomic E-state index is 0.188. The van der Waals surface area contributed by atoms with Crippen LogP contribution < -0.4 is 0 Å². The molecule has 108 valence electrons. The van der Waals surface area contributed by atoms with Gasteiger partial charge in [0.2, 0.25) is 0 Å². The number of hydrogen-bond acceptors (Lipinski definition) is 3. The van der Waals surface area contributed by atoms with Gasteiger partial charge in [-0.1, -0.05) is 29.8 Å². The van der Waals surface area contributed by atoms with Crippen molar-refractivity contribution in [3.63, 3.8) is 0 Å². The number of carbonyl (C=O) groups excluding carboxylic acids is 1. The lowest BCUT2D eigenvalue weighted by atomic mass is 10.0. The summed E-state index contributed by atoms with van der Waals surface area (Å²) in [6.45, 7) is 3.66. The number of thioether (sulfide) groups is 1. The molecule has 1 aromatic carbocycles. The largest absolute Gasteiger partial charge is 0.368 e. The molecule has 2 atom stereocenters. The van der Waals surface area contributed by atoms with E-state index >= 15 is 0 Å². The number of carbonyl (C=O) groups is 1. The van der Waals surface area contributed by atoms with Crippen LogP contribution in [-0.4, -0.2) is 41.6 Å². The van der Waals surface area contributed by atoms with Crippen molar-refractivity contribution in [2.45, 2.75) is 31.9 Å². The highest BCUT2D eigenvalue weighted by Gasteiger charge is 2.34. The van der Waals surface area contributed by atoms with Crippen molar-refractivity contribution in [3.8, 4) is 0 Å². The van der Waals surface area contributed by atoms with E-state index in [0.29, 0.717) is 0 Å². The van der Waals surface area contributed by atoms with Gasteiger partial charge in [0.25, 0.3) is 5.91 Å². The first-order chi connectivity index (χ1) is 9.75. The van der Waals surface area contributed by atoms with Crippen molar-refractivity contribution in [1.29, 1.82) is 0 Å². The van der Waals surface area contributed by atoms with Gasteiger partial charge in [-0.2, -0.15) is 11.8 Å². The molecule has 2 unspecified atom stereocenters. The molecule has 3 rings (SSSR count). The van der Waals surface area contributed by atoms with E-state index in [4.69, 9.17) is 4.74 Å². The second-order valence-corrected chi connectivity index (χ2v) is 6.68. The van der Waals surface area contributed by atoms with E-state index in [2.05, 4.69) is 31.2 Å². The maximum atomic E-state index is 12.6. The molecular weight excluding hydrogens is 270 g/mol.